The summed E-state index contributed by atoms with van der Waals surface area (Å²) >= 11 is 0. The van der Waals surface area contributed by atoms with Gasteiger partial charge in [0.15, 0.2) is 0 Å². The van der Waals surface area contributed by atoms with E-state index in [1.807, 2.05) is 12.1 Å². The number of benzene rings is 2. The zero-order valence-corrected chi connectivity index (χ0v) is 18.1. The lowest BCUT2D eigenvalue weighted by molar-refractivity contribution is 0.102. The Labute approximate surface area is 180 Å². The van der Waals surface area contributed by atoms with E-state index in [9.17, 15) is 18.0 Å². The summed E-state index contributed by atoms with van der Waals surface area (Å²) in [7, 11) is -3.38. The first-order valence-corrected chi connectivity index (χ1v) is 11.8. The number of hydrogen-bond donors (Lipinski definition) is 2. The molecule has 0 bridgehead atoms. The predicted octanol–water partition coefficient (Wildman–Crippen LogP) is 3.26. The molecule has 0 fully saturated rings. The first kappa shape index (κ1) is 20.9. The van der Waals surface area contributed by atoms with Gasteiger partial charge in [0.25, 0.3) is 11.5 Å². The standard InChI is InChI=1S/C23H23N3O4S/c1-15-13-14-26(20-8-4-6-16-5-3-7-19(16)20)23(28)21(15)22(27)24-17-9-11-18(12-10-17)25-31(2,29)30/h4,6,8-14,25H,3,5,7H2,1-2H3,(H,24,27). The van der Waals surface area contributed by atoms with Gasteiger partial charge in [0.1, 0.15) is 5.56 Å². The Hall–Kier alpha value is -3.39. The van der Waals surface area contributed by atoms with E-state index in [4.69, 9.17) is 0 Å². The Morgan fingerprint density at radius 1 is 1.00 bits per heavy atom. The number of hydrogen-bond acceptors (Lipinski definition) is 4. The van der Waals surface area contributed by atoms with Gasteiger partial charge in [-0.3, -0.25) is 18.9 Å². The number of rotatable bonds is 5. The molecule has 3 aromatic rings. The van der Waals surface area contributed by atoms with Crippen LogP contribution in [0.25, 0.3) is 5.69 Å². The molecule has 0 saturated heterocycles. The number of fused-ring (bicyclic) bond motifs is 1. The molecule has 8 heteroatoms. The molecule has 0 atom stereocenters. The summed E-state index contributed by atoms with van der Waals surface area (Å²) in [5, 5.41) is 2.73. The lowest BCUT2D eigenvalue weighted by atomic mass is 10.1. The molecule has 2 aromatic carbocycles. The van der Waals surface area contributed by atoms with E-state index in [1.165, 1.54) is 5.56 Å². The number of sulfonamides is 1. The minimum absolute atomic E-state index is 0.0800. The van der Waals surface area contributed by atoms with Crippen molar-refractivity contribution in [3.05, 3.63) is 87.3 Å². The third-order valence-corrected chi connectivity index (χ3v) is 5.96. The Bertz CT molecular complexity index is 1330. The second-order valence-corrected chi connectivity index (χ2v) is 9.47. The van der Waals surface area contributed by atoms with Gasteiger partial charge < -0.3 is 5.32 Å². The van der Waals surface area contributed by atoms with Gasteiger partial charge in [-0.05, 0) is 79.3 Å². The van der Waals surface area contributed by atoms with Crippen LogP contribution in [0.1, 0.15) is 33.5 Å². The summed E-state index contributed by atoms with van der Waals surface area (Å²) < 4.78 is 26.6. The highest BCUT2D eigenvalue weighted by atomic mass is 32.2. The number of carbonyl (C=O) groups is 1. The van der Waals surface area contributed by atoms with E-state index in [-0.39, 0.29) is 11.1 Å². The molecular formula is C23H23N3O4S. The fraction of sp³-hybridized carbons (Fsp3) is 0.217. The van der Waals surface area contributed by atoms with Crippen molar-refractivity contribution >= 4 is 27.3 Å². The molecular weight excluding hydrogens is 414 g/mol. The second kappa shape index (κ2) is 8.03. The molecule has 4 rings (SSSR count). The molecule has 7 nitrogen and oxygen atoms in total. The molecule has 1 aliphatic rings. The van der Waals surface area contributed by atoms with Crippen molar-refractivity contribution in [3.8, 4) is 5.69 Å². The number of aromatic nitrogens is 1. The Morgan fingerprint density at radius 2 is 1.71 bits per heavy atom. The molecule has 1 aliphatic carbocycles. The fourth-order valence-corrected chi connectivity index (χ4v) is 4.51. The van der Waals surface area contributed by atoms with Gasteiger partial charge in [-0.1, -0.05) is 12.1 Å². The van der Waals surface area contributed by atoms with Crippen molar-refractivity contribution in [2.45, 2.75) is 26.2 Å². The van der Waals surface area contributed by atoms with Crippen LogP contribution in [-0.4, -0.2) is 25.1 Å². The minimum Gasteiger partial charge on any atom is -0.322 e. The zero-order valence-electron chi connectivity index (χ0n) is 17.3. The van der Waals surface area contributed by atoms with Crippen LogP contribution in [-0.2, 0) is 22.9 Å². The van der Waals surface area contributed by atoms with Crippen molar-refractivity contribution in [1.29, 1.82) is 0 Å². The van der Waals surface area contributed by atoms with Crippen LogP contribution in [0, 0.1) is 6.92 Å². The monoisotopic (exact) mass is 437 g/mol. The van der Waals surface area contributed by atoms with E-state index >= 15 is 0 Å². The number of amides is 1. The van der Waals surface area contributed by atoms with Crippen LogP contribution < -0.4 is 15.6 Å². The molecule has 0 aliphatic heterocycles. The largest absolute Gasteiger partial charge is 0.322 e. The van der Waals surface area contributed by atoms with E-state index in [0.717, 1.165) is 36.8 Å². The SMILES string of the molecule is Cc1ccn(-c2cccc3c2CCC3)c(=O)c1C(=O)Nc1ccc(NS(C)(=O)=O)cc1. The topological polar surface area (TPSA) is 97.3 Å². The van der Waals surface area contributed by atoms with E-state index in [0.29, 0.717) is 16.9 Å². The molecule has 1 amide bonds. The highest BCUT2D eigenvalue weighted by Gasteiger charge is 2.20. The van der Waals surface area contributed by atoms with Gasteiger partial charge in [-0.2, -0.15) is 0 Å². The van der Waals surface area contributed by atoms with Gasteiger partial charge >= 0.3 is 0 Å². The number of pyridine rings is 1. The van der Waals surface area contributed by atoms with Crippen molar-refractivity contribution in [2.24, 2.45) is 0 Å². The van der Waals surface area contributed by atoms with Crippen molar-refractivity contribution in [2.75, 3.05) is 16.3 Å². The lowest BCUT2D eigenvalue weighted by Crippen LogP contribution is -2.29. The molecule has 1 heterocycles. The highest BCUT2D eigenvalue weighted by molar-refractivity contribution is 7.92. The van der Waals surface area contributed by atoms with Gasteiger partial charge in [0, 0.05) is 17.6 Å². The Balaban J connectivity index is 1.64. The third-order valence-electron chi connectivity index (χ3n) is 5.35. The summed E-state index contributed by atoms with van der Waals surface area (Å²) in [4.78, 5) is 26.2. The summed E-state index contributed by atoms with van der Waals surface area (Å²) in [5.74, 6) is -0.506. The zero-order chi connectivity index (χ0) is 22.2. The van der Waals surface area contributed by atoms with Crippen LogP contribution in [0.3, 0.4) is 0 Å². The molecule has 2 N–H and O–H groups in total. The summed E-state index contributed by atoms with van der Waals surface area (Å²) in [6.07, 6.45) is 5.76. The van der Waals surface area contributed by atoms with Gasteiger partial charge in [0.05, 0.1) is 11.9 Å². The summed E-state index contributed by atoms with van der Waals surface area (Å²) in [6, 6.07) is 13.9. The molecule has 0 saturated carbocycles. The van der Waals surface area contributed by atoms with Gasteiger partial charge in [0.2, 0.25) is 10.0 Å². The van der Waals surface area contributed by atoms with Crippen LogP contribution in [0.5, 0.6) is 0 Å². The lowest BCUT2D eigenvalue weighted by Gasteiger charge is -2.14. The number of carbonyl (C=O) groups excluding carboxylic acids is 1. The quantitative estimate of drug-likeness (QED) is 0.640. The average molecular weight is 438 g/mol. The van der Waals surface area contributed by atoms with E-state index < -0.39 is 15.9 Å². The number of nitrogens with zero attached hydrogens (tertiary/aromatic N) is 1. The maximum Gasteiger partial charge on any atom is 0.268 e. The molecule has 1 aromatic heterocycles. The van der Waals surface area contributed by atoms with E-state index in [2.05, 4.69) is 16.1 Å². The number of aryl methyl sites for hydroxylation is 2. The highest BCUT2D eigenvalue weighted by Crippen LogP contribution is 2.27. The van der Waals surface area contributed by atoms with Crippen molar-refractivity contribution in [1.82, 2.24) is 4.57 Å². The van der Waals surface area contributed by atoms with Gasteiger partial charge in [-0.15, -0.1) is 0 Å². The van der Waals surface area contributed by atoms with Crippen molar-refractivity contribution < 1.29 is 13.2 Å². The molecule has 0 radical (unpaired) electrons. The number of anilines is 2. The first-order valence-electron chi connectivity index (χ1n) is 9.95. The van der Waals surface area contributed by atoms with Crippen molar-refractivity contribution in [3.63, 3.8) is 0 Å². The predicted molar refractivity (Wildman–Crippen MR) is 122 cm³/mol. The summed E-state index contributed by atoms with van der Waals surface area (Å²) in [5.41, 5.74) is 4.37. The Kier molecular flexibility index (Phi) is 5.41. The molecule has 160 valence electrons. The van der Waals surface area contributed by atoms with Crippen LogP contribution >= 0.6 is 0 Å². The molecule has 31 heavy (non-hydrogen) atoms. The maximum absolute atomic E-state index is 13.3. The number of nitrogens with one attached hydrogen (secondary N) is 2. The van der Waals surface area contributed by atoms with E-state index in [1.54, 1.807) is 48.0 Å². The minimum atomic E-state index is -3.38. The van der Waals surface area contributed by atoms with Gasteiger partial charge in [-0.25, -0.2) is 8.42 Å². The fourth-order valence-electron chi connectivity index (χ4n) is 3.95. The Morgan fingerprint density at radius 3 is 2.42 bits per heavy atom. The third kappa shape index (κ3) is 4.39. The normalized spacial score (nSPS) is 13.0. The van der Waals surface area contributed by atoms with Crippen LogP contribution in [0.2, 0.25) is 0 Å². The first-order chi connectivity index (χ1) is 14.7. The summed E-state index contributed by atoms with van der Waals surface area (Å²) in [6.45, 7) is 1.73. The average Bonchev–Trinajstić information content (AvgIpc) is 3.18. The second-order valence-electron chi connectivity index (χ2n) is 7.72. The molecule has 0 unspecified atom stereocenters. The van der Waals surface area contributed by atoms with Crippen LogP contribution in [0.15, 0.2) is 59.5 Å². The smallest absolute Gasteiger partial charge is 0.268 e. The molecule has 0 spiro atoms. The van der Waals surface area contributed by atoms with Crippen LogP contribution in [0.4, 0.5) is 11.4 Å². The maximum atomic E-state index is 13.3.